The maximum atomic E-state index is 13.1. The number of carboxylic acids is 1. The lowest BCUT2D eigenvalue weighted by Crippen LogP contribution is -2.09. The van der Waals surface area contributed by atoms with E-state index in [-0.39, 0.29) is 11.7 Å². The van der Waals surface area contributed by atoms with E-state index in [9.17, 15) is 9.18 Å². The third kappa shape index (κ3) is 4.08. The van der Waals surface area contributed by atoms with Crippen LogP contribution in [0.15, 0.2) is 30.3 Å². The molecule has 0 saturated carbocycles. The smallest absolute Gasteiger partial charge is 0.341 e. The van der Waals surface area contributed by atoms with E-state index in [2.05, 4.69) is 5.10 Å². The number of nitrogens with zero attached hydrogens (tertiary/aromatic N) is 2. The number of aliphatic carboxylic acids is 1. The molecule has 0 aliphatic heterocycles. The van der Waals surface area contributed by atoms with E-state index < -0.39 is 12.6 Å². The maximum Gasteiger partial charge on any atom is 0.341 e. The van der Waals surface area contributed by atoms with E-state index >= 15 is 0 Å². The zero-order valence-electron chi connectivity index (χ0n) is 11.6. The molecule has 0 atom stereocenters. The van der Waals surface area contributed by atoms with Crippen LogP contribution in [-0.4, -0.2) is 27.5 Å². The standard InChI is InChI=1S/C12H11FN2O3.C2H6/c1-15-10(8-3-2-4-9(13)5-8)6-11(14-15)18-7-12(16)17;1-2/h2-6H,7H2,1H3,(H,16,17);1-2H3. The second-order valence-corrected chi connectivity index (χ2v) is 3.68. The van der Waals surface area contributed by atoms with E-state index in [0.717, 1.165) is 0 Å². The van der Waals surface area contributed by atoms with Gasteiger partial charge in [0.2, 0.25) is 5.88 Å². The average molecular weight is 280 g/mol. The fourth-order valence-electron chi connectivity index (χ4n) is 1.57. The van der Waals surface area contributed by atoms with Crippen molar-refractivity contribution in [2.24, 2.45) is 7.05 Å². The molecule has 0 bridgehead atoms. The van der Waals surface area contributed by atoms with Gasteiger partial charge in [-0.25, -0.2) is 9.18 Å². The molecule has 1 aromatic heterocycles. The highest BCUT2D eigenvalue weighted by Gasteiger charge is 2.10. The lowest BCUT2D eigenvalue weighted by atomic mass is 10.1. The fourth-order valence-corrected chi connectivity index (χ4v) is 1.57. The average Bonchev–Trinajstić information content (AvgIpc) is 2.80. The van der Waals surface area contributed by atoms with Crippen molar-refractivity contribution in [1.29, 1.82) is 0 Å². The zero-order chi connectivity index (χ0) is 15.1. The summed E-state index contributed by atoms with van der Waals surface area (Å²) in [6.45, 7) is 3.54. The minimum Gasteiger partial charge on any atom is -0.479 e. The van der Waals surface area contributed by atoms with Crippen LogP contribution in [0.1, 0.15) is 13.8 Å². The number of aromatic nitrogens is 2. The molecule has 6 heteroatoms. The van der Waals surface area contributed by atoms with Crippen LogP contribution in [0, 0.1) is 5.82 Å². The highest BCUT2D eigenvalue weighted by molar-refractivity contribution is 5.68. The van der Waals surface area contributed by atoms with E-state index in [0.29, 0.717) is 11.3 Å². The number of rotatable bonds is 4. The van der Waals surface area contributed by atoms with Gasteiger partial charge in [-0.1, -0.05) is 26.0 Å². The third-order valence-corrected chi connectivity index (χ3v) is 2.32. The molecule has 0 aliphatic carbocycles. The number of carbonyl (C=O) groups is 1. The van der Waals surface area contributed by atoms with Gasteiger partial charge in [0, 0.05) is 18.7 Å². The molecule has 0 unspecified atom stereocenters. The van der Waals surface area contributed by atoms with Crippen molar-refractivity contribution in [1.82, 2.24) is 9.78 Å². The van der Waals surface area contributed by atoms with Crippen molar-refractivity contribution in [3.05, 3.63) is 36.1 Å². The first-order valence-electron chi connectivity index (χ1n) is 6.21. The van der Waals surface area contributed by atoms with Crippen LogP contribution in [0.2, 0.25) is 0 Å². The Labute approximate surface area is 116 Å². The van der Waals surface area contributed by atoms with Crippen LogP contribution in [0.3, 0.4) is 0 Å². The van der Waals surface area contributed by atoms with E-state index in [1.165, 1.54) is 16.8 Å². The molecular weight excluding hydrogens is 263 g/mol. The van der Waals surface area contributed by atoms with E-state index in [4.69, 9.17) is 9.84 Å². The van der Waals surface area contributed by atoms with Crippen LogP contribution in [-0.2, 0) is 11.8 Å². The molecule has 0 spiro atoms. The number of ether oxygens (including phenoxy) is 1. The van der Waals surface area contributed by atoms with Crippen molar-refractivity contribution >= 4 is 5.97 Å². The minimum absolute atomic E-state index is 0.194. The number of benzene rings is 1. The highest BCUT2D eigenvalue weighted by Crippen LogP contribution is 2.23. The van der Waals surface area contributed by atoms with Gasteiger partial charge in [-0.05, 0) is 12.1 Å². The lowest BCUT2D eigenvalue weighted by molar-refractivity contribution is -0.139. The number of hydrogen-bond donors (Lipinski definition) is 1. The second-order valence-electron chi connectivity index (χ2n) is 3.68. The van der Waals surface area contributed by atoms with Crippen LogP contribution < -0.4 is 4.74 Å². The SMILES string of the molecule is CC.Cn1nc(OCC(=O)O)cc1-c1cccc(F)c1. The molecule has 2 aromatic rings. The molecule has 0 saturated heterocycles. The molecule has 0 amide bonds. The van der Waals surface area contributed by atoms with Gasteiger partial charge in [0.05, 0.1) is 5.69 Å². The first-order chi connectivity index (χ1) is 9.56. The van der Waals surface area contributed by atoms with Crippen LogP contribution in [0.4, 0.5) is 4.39 Å². The third-order valence-electron chi connectivity index (χ3n) is 2.32. The Bertz CT molecular complexity index is 582. The summed E-state index contributed by atoms with van der Waals surface area (Å²) >= 11 is 0. The normalized spacial score (nSPS) is 9.60. The Kier molecular flexibility index (Phi) is 5.71. The first-order valence-corrected chi connectivity index (χ1v) is 6.21. The van der Waals surface area contributed by atoms with Gasteiger partial charge >= 0.3 is 5.97 Å². The van der Waals surface area contributed by atoms with Crippen LogP contribution in [0.5, 0.6) is 5.88 Å². The Morgan fingerprint density at radius 1 is 1.40 bits per heavy atom. The van der Waals surface area contributed by atoms with E-state index in [1.54, 1.807) is 25.2 Å². The Balaban J connectivity index is 0.000000956. The van der Waals surface area contributed by atoms with Crippen LogP contribution in [0.25, 0.3) is 11.3 Å². The lowest BCUT2D eigenvalue weighted by Gasteiger charge is -2.00. The number of aryl methyl sites for hydroxylation is 1. The fraction of sp³-hybridized carbons (Fsp3) is 0.286. The monoisotopic (exact) mass is 280 g/mol. The van der Waals surface area contributed by atoms with Crippen LogP contribution >= 0.6 is 0 Å². The van der Waals surface area contributed by atoms with Gasteiger partial charge in [0.1, 0.15) is 5.82 Å². The molecule has 0 fully saturated rings. The molecule has 0 aliphatic rings. The summed E-state index contributed by atoms with van der Waals surface area (Å²) in [5, 5.41) is 12.5. The molecule has 2 rings (SSSR count). The van der Waals surface area contributed by atoms with Gasteiger partial charge in [-0.15, -0.1) is 5.10 Å². The van der Waals surface area contributed by atoms with Gasteiger partial charge in [-0.2, -0.15) is 0 Å². The summed E-state index contributed by atoms with van der Waals surface area (Å²) in [5.41, 5.74) is 1.30. The molecule has 1 aromatic carbocycles. The summed E-state index contributed by atoms with van der Waals surface area (Å²) in [7, 11) is 1.67. The summed E-state index contributed by atoms with van der Waals surface area (Å²) in [6.07, 6.45) is 0. The number of hydrogen-bond acceptors (Lipinski definition) is 3. The van der Waals surface area contributed by atoms with Crippen molar-refractivity contribution in [2.75, 3.05) is 6.61 Å². The maximum absolute atomic E-state index is 13.1. The van der Waals surface area contributed by atoms with Gasteiger partial charge in [0.25, 0.3) is 0 Å². The minimum atomic E-state index is -1.08. The second kappa shape index (κ2) is 7.28. The van der Waals surface area contributed by atoms with Gasteiger partial charge in [-0.3, -0.25) is 4.68 Å². The quantitative estimate of drug-likeness (QED) is 0.935. The molecular formula is C14H17FN2O3. The predicted octanol–water partition coefficient (Wildman–Crippen LogP) is 2.72. The molecule has 20 heavy (non-hydrogen) atoms. The van der Waals surface area contributed by atoms with Crippen molar-refractivity contribution in [3.8, 4) is 17.1 Å². The molecule has 0 radical (unpaired) electrons. The summed E-state index contributed by atoms with van der Waals surface area (Å²) < 4.78 is 19.6. The molecule has 108 valence electrons. The van der Waals surface area contributed by atoms with Crippen molar-refractivity contribution in [3.63, 3.8) is 0 Å². The molecule has 5 nitrogen and oxygen atoms in total. The largest absolute Gasteiger partial charge is 0.479 e. The van der Waals surface area contributed by atoms with Crippen molar-refractivity contribution < 1.29 is 19.0 Å². The number of carboxylic acid groups (broad SMARTS) is 1. The number of halogens is 1. The van der Waals surface area contributed by atoms with Gasteiger partial charge in [0.15, 0.2) is 6.61 Å². The van der Waals surface area contributed by atoms with Crippen molar-refractivity contribution in [2.45, 2.75) is 13.8 Å². The Morgan fingerprint density at radius 2 is 2.10 bits per heavy atom. The zero-order valence-corrected chi connectivity index (χ0v) is 11.6. The highest BCUT2D eigenvalue weighted by atomic mass is 19.1. The Hall–Kier alpha value is -2.37. The molecule has 1 N–H and O–H groups in total. The molecule has 1 heterocycles. The van der Waals surface area contributed by atoms with E-state index in [1.807, 2.05) is 13.8 Å². The summed E-state index contributed by atoms with van der Waals surface area (Å²) in [6, 6.07) is 7.62. The first kappa shape index (κ1) is 15.7. The summed E-state index contributed by atoms with van der Waals surface area (Å²) in [4.78, 5) is 10.4. The topological polar surface area (TPSA) is 64.4 Å². The summed E-state index contributed by atoms with van der Waals surface area (Å²) in [5.74, 6) is -1.23. The Morgan fingerprint density at radius 3 is 2.70 bits per heavy atom. The predicted molar refractivity (Wildman–Crippen MR) is 73.1 cm³/mol. The van der Waals surface area contributed by atoms with Gasteiger partial charge < -0.3 is 9.84 Å².